The molecule has 14 heteroatoms. The number of nitrogens with zero attached hydrogens (tertiary/aromatic N) is 6. The van der Waals surface area contributed by atoms with Crippen molar-refractivity contribution >= 4 is 17.6 Å². The Kier molecular flexibility index (Phi) is 9.98. The Morgan fingerprint density at radius 3 is 2.17 bits per heavy atom. The first-order chi connectivity index (χ1) is 21.3. The Morgan fingerprint density at radius 1 is 1.00 bits per heavy atom. The van der Waals surface area contributed by atoms with Crippen molar-refractivity contribution in [3.8, 4) is 0 Å². The zero-order valence-corrected chi connectivity index (χ0v) is 27.1. The number of ether oxygens (including phenoxy) is 1. The maximum Gasteiger partial charge on any atom is 0.416 e. The molecule has 252 valence electrons. The number of anilines is 2. The molecule has 0 saturated carbocycles. The average Bonchev–Trinajstić information content (AvgIpc) is 3.30. The molecule has 1 aromatic heterocycles. The Bertz CT molecular complexity index is 1530. The normalized spacial score (nSPS) is 15.8. The van der Waals surface area contributed by atoms with E-state index in [9.17, 15) is 31.1 Å². The maximum absolute atomic E-state index is 13.8. The number of halogens is 6. The Labute approximate surface area is 264 Å². The van der Waals surface area contributed by atoms with E-state index in [1.54, 1.807) is 4.90 Å². The summed E-state index contributed by atoms with van der Waals surface area (Å²) in [6.45, 7) is 11.0. The van der Waals surface area contributed by atoms with Crippen molar-refractivity contribution in [1.29, 1.82) is 0 Å². The molecule has 0 aliphatic carbocycles. The fourth-order valence-corrected chi connectivity index (χ4v) is 6.07. The molecule has 3 aromatic rings. The third kappa shape index (κ3) is 7.92. The SMILES string of the molecule is COC(=O)CC(C)(C)CCN1CCC[C@H](N(Cc2cc(C(F)(F)F)cc(C(F)(F)F)c2)c2nnn(C)n2)c2cc(C)c(C)c(C)c21. The number of fused-ring (bicyclic) bond motifs is 1. The van der Waals surface area contributed by atoms with Gasteiger partial charge in [0.1, 0.15) is 0 Å². The van der Waals surface area contributed by atoms with E-state index >= 15 is 0 Å². The van der Waals surface area contributed by atoms with Gasteiger partial charge in [-0.3, -0.25) is 4.79 Å². The van der Waals surface area contributed by atoms with Crippen LogP contribution in [-0.4, -0.2) is 46.4 Å². The molecule has 0 saturated heterocycles. The largest absolute Gasteiger partial charge is 0.469 e. The molecular formula is C32H40F6N6O2. The van der Waals surface area contributed by atoms with Crippen molar-refractivity contribution in [1.82, 2.24) is 20.2 Å². The molecular weight excluding hydrogens is 614 g/mol. The minimum absolute atomic E-state index is 0.0907. The lowest BCUT2D eigenvalue weighted by atomic mass is 9.85. The first-order valence-electron chi connectivity index (χ1n) is 15.0. The van der Waals surface area contributed by atoms with E-state index in [4.69, 9.17) is 4.74 Å². The van der Waals surface area contributed by atoms with Gasteiger partial charge in [0, 0.05) is 25.3 Å². The minimum Gasteiger partial charge on any atom is -0.469 e. The molecule has 8 nitrogen and oxygen atoms in total. The van der Waals surface area contributed by atoms with E-state index in [-0.39, 0.29) is 41.9 Å². The lowest BCUT2D eigenvalue weighted by Gasteiger charge is -2.35. The molecule has 1 atom stereocenters. The zero-order chi connectivity index (χ0) is 34.2. The highest BCUT2D eigenvalue weighted by Gasteiger charge is 2.38. The Hall–Kier alpha value is -3.84. The van der Waals surface area contributed by atoms with E-state index in [2.05, 4.69) is 20.3 Å². The number of tetrazole rings is 1. The van der Waals surface area contributed by atoms with Crippen LogP contribution in [0.4, 0.5) is 38.0 Å². The monoisotopic (exact) mass is 654 g/mol. The molecule has 2 aromatic carbocycles. The summed E-state index contributed by atoms with van der Waals surface area (Å²) in [5, 5.41) is 12.4. The number of methoxy groups -OCH3 is 1. The van der Waals surface area contributed by atoms with Gasteiger partial charge in [0.05, 0.1) is 37.7 Å². The van der Waals surface area contributed by atoms with Gasteiger partial charge in [-0.25, -0.2) is 0 Å². The van der Waals surface area contributed by atoms with Crippen LogP contribution in [0.5, 0.6) is 0 Å². The molecule has 0 fully saturated rings. The molecule has 2 heterocycles. The summed E-state index contributed by atoms with van der Waals surface area (Å²) in [6.07, 6.45) is -7.83. The molecule has 46 heavy (non-hydrogen) atoms. The molecule has 0 bridgehead atoms. The van der Waals surface area contributed by atoms with Crippen molar-refractivity contribution in [2.75, 3.05) is 30.0 Å². The van der Waals surface area contributed by atoms with Crippen LogP contribution < -0.4 is 9.80 Å². The van der Waals surface area contributed by atoms with Gasteiger partial charge < -0.3 is 14.5 Å². The van der Waals surface area contributed by atoms with Gasteiger partial charge in [0.25, 0.3) is 5.95 Å². The van der Waals surface area contributed by atoms with Gasteiger partial charge in [-0.15, -0.1) is 5.10 Å². The number of alkyl halides is 6. The smallest absolute Gasteiger partial charge is 0.416 e. The number of aryl methyl sites for hydroxylation is 2. The number of rotatable bonds is 9. The summed E-state index contributed by atoms with van der Waals surface area (Å²) in [4.78, 5) is 17.2. The van der Waals surface area contributed by atoms with Gasteiger partial charge in [-0.2, -0.15) is 31.1 Å². The molecule has 4 rings (SSSR count). The number of esters is 1. The van der Waals surface area contributed by atoms with Crippen LogP contribution in [0.15, 0.2) is 24.3 Å². The first-order valence-corrected chi connectivity index (χ1v) is 15.0. The number of aromatic nitrogens is 4. The summed E-state index contributed by atoms with van der Waals surface area (Å²) >= 11 is 0. The van der Waals surface area contributed by atoms with Gasteiger partial charge in [0.2, 0.25) is 0 Å². The summed E-state index contributed by atoms with van der Waals surface area (Å²) in [6, 6.07) is 3.17. The number of carbonyl (C=O) groups is 1. The van der Waals surface area contributed by atoms with Gasteiger partial charge in [0.15, 0.2) is 0 Å². The van der Waals surface area contributed by atoms with Crippen molar-refractivity contribution in [3.63, 3.8) is 0 Å². The van der Waals surface area contributed by atoms with Gasteiger partial charge in [-0.1, -0.05) is 25.0 Å². The molecule has 0 spiro atoms. The second-order valence-electron chi connectivity index (χ2n) is 12.8. The standard InChI is InChI=1S/C32H40F6N6O2/c1-19-13-25-26(9-8-11-43(28(25)21(3)20(19)2)12-10-30(4,5)17-27(45)46-7)44(29-39-41-42(6)40-29)18-22-14-23(31(33,34)35)16-24(15-22)32(36,37)38/h13-16,26H,8-12,17-18H2,1-7H3/t26-/m0/s1. The summed E-state index contributed by atoms with van der Waals surface area (Å²) in [7, 11) is 2.90. The highest BCUT2D eigenvalue weighted by Crippen LogP contribution is 2.44. The van der Waals surface area contributed by atoms with E-state index in [0.29, 0.717) is 32.4 Å². The van der Waals surface area contributed by atoms with Crippen molar-refractivity contribution in [2.45, 2.75) is 85.2 Å². The van der Waals surface area contributed by atoms with Crippen LogP contribution in [-0.2, 0) is 35.5 Å². The maximum atomic E-state index is 13.8. The molecule has 0 N–H and O–H groups in total. The number of carbonyl (C=O) groups excluding carboxylic acids is 1. The second-order valence-corrected chi connectivity index (χ2v) is 12.8. The van der Waals surface area contributed by atoms with Crippen LogP contribution in [0, 0.1) is 26.2 Å². The van der Waals surface area contributed by atoms with Gasteiger partial charge in [-0.05, 0) is 96.7 Å². The molecule has 1 aliphatic rings. The molecule has 1 aliphatic heterocycles. The first kappa shape index (κ1) is 35.0. The van der Waals surface area contributed by atoms with E-state index in [1.807, 2.05) is 40.7 Å². The number of hydrogen-bond donors (Lipinski definition) is 0. The van der Waals surface area contributed by atoms with Crippen LogP contribution in [0.2, 0.25) is 0 Å². The summed E-state index contributed by atoms with van der Waals surface area (Å²) in [5.74, 6) is -0.202. The highest BCUT2D eigenvalue weighted by molar-refractivity contribution is 5.70. The number of benzene rings is 2. The molecule has 0 amide bonds. The van der Waals surface area contributed by atoms with E-state index in [0.717, 1.165) is 40.1 Å². The lowest BCUT2D eigenvalue weighted by Crippen LogP contribution is -2.32. The fraction of sp³-hybridized carbons (Fsp3) is 0.562. The summed E-state index contributed by atoms with van der Waals surface area (Å²) < 4.78 is 87.5. The van der Waals surface area contributed by atoms with Crippen molar-refractivity contribution < 1.29 is 35.9 Å². The van der Waals surface area contributed by atoms with Crippen LogP contribution in [0.25, 0.3) is 0 Å². The van der Waals surface area contributed by atoms with E-state index < -0.39 is 29.5 Å². The van der Waals surface area contributed by atoms with E-state index in [1.165, 1.54) is 19.0 Å². The third-order valence-corrected chi connectivity index (χ3v) is 8.78. The predicted octanol–water partition coefficient (Wildman–Crippen LogP) is 7.50. The molecule has 0 unspecified atom stereocenters. The van der Waals surface area contributed by atoms with Crippen LogP contribution in [0.1, 0.15) is 84.5 Å². The lowest BCUT2D eigenvalue weighted by molar-refractivity contribution is -0.144. The topological polar surface area (TPSA) is 76.4 Å². The second kappa shape index (κ2) is 13.1. The quantitative estimate of drug-likeness (QED) is 0.175. The third-order valence-electron chi connectivity index (χ3n) is 8.78. The summed E-state index contributed by atoms with van der Waals surface area (Å²) in [5.41, 5.74) is 1.65. The molecule has 0 radical (unpaired) electrons. The minimum atomic E-state index is -4.98. The number of hydrogen-bond acceptors (Lipinski definition) is 7. The van der Waals surface area contributed by atoms with Crippen LogP contribution >= 0.6 is 0 Å². The predicted molar refractivity (Wildman–Crippen MR) is 161 cm³/mol. The zero-order valence-electron chi connectivity index (χ0n) is 27.1. The highest BCUT2D eigenvalue weighted by atomic mass is 19.4. The Morgan fingerprint density at radius 2 is 1.63 bits per heavy atom. The average molecular weight is 655 g/mol. The Balaban J connectivity index is 1.83. The van der Waals surface area contributed by atoms with Gasteiger partial charge >= 0.3 is 18.3 Å². The fourth-order valence-electron chi connectivity index (χ4n) is 6.07. The van der Waals surface area contributed by atoms with Crippen molar-refractivity contribution in [3.05, 3.63) is 63.2 Å². The van der Waals surface area contributed by atoms with Crippen LogP contribution in [0.3, 0.4) is 0 Å². The van der Waals surface area contributed by atoms with Crippen molar-refractivity contribution in [2.24, 2.45) is 12.5 Å².